The molecule has 0 saturated heterocycles. The van der Waals surface area contributed by atoms with Gasteiger partial charge in [-0.15, -0.1) is 0 Å². The van der Waals surface area contributed by atoms with E-state index < -0.39 is 0 Å². The smallest absolute Gasteiger partial charge is 0.174 e. The minimum atomic E-state index is 0.0780. The van der Waals surface area contributed by atoms with E-state index in [4.69, 9.17) is 10.00 Å². The predicted octanol–water partition coefficient (Wildman–Crippen LogP) is 1.05. The van der Waals surface area contributed by atoms with E-state index in [-0.39, 0.29) is 6.61 Å². The van der Waals surface area contributed by atoms with Gasteiger partial charge in [-0.1, -0.05) is 12.1 Å². The standard InChI is InChI=1S/C14H17N5O/c1-19-11-17-14(18-19)6-8-16-10-12-2-4-13(5-3-12)20-9-7-15/h2-5,11,16H,6,8-10H2,1H3. The number of ether oxygens (including phenoxy) is 1. The Morgan fingerprint density at radius 2 is 2.15 bits per heavy atom. The number of aryl methyl sites for hydroxylation is 1. The number of hydrogen-bond acceptors (Lipinski definition) is 5. The molecular weight excluding hydrogens is 254 g/mol. The summed E-state index contributed by atoms with van der Waals surface area (Å²) in [5.74, 6) is 1.56. The van der Waals surface area contributed by atoms with Crippen molar-refractivity contribution in [1.29, 1.82) is 5.26 Å². The van der Waals surface area contributed by atoms with Crippen molar-refractivity contribution in [3.63, 3.8) is 0 Å². The van der Waals surface area contributed by atoms with Crippen LogP contribution in [0.2, 0.25) is 0 Å². The molecule has 20 heavy (non-hydrogen) atoms. The maximum Gasteiger partial charge on any atom is 0.174 e. The Hall–Kier alpha value is -2.39. The minimum Gasteiger partial charge on any atom is -0.479 e. The van der Waals surface area contributed by atoms with Crippen LogP contribution in [-0.2, 0) is 20.0 Å². The Bertz CT molecular complexity index is 570. The summed E-state index contributed by atoms with van der Waals surface area (Å²) in [5, 5.41) is 16.0. The zero-order valence-corrected chi connectivity index (χ0v) is 11.4. The van der Waals surface area contributed by atoms with Gasteiger partial charge >= 0.3 is 0 Å². The van der Waals surface area contributed by atoms with Crippen molar-refractivity contribution in [3.8, 4) is 11.8 Å². The van der Waals surface area contributed by atoms with Crippen molar-refractivity contribution in [3.05, 3.63) is 42.0 Å². The Kier molecular flexibility index (Phi) is 5.09. The largest absolute Gasteiger partial charge is 0.479 e. The number of aromatic nitrogens is 3. The van der Waals surface area contributed by atoms with Crippen LogP contribution in [0.3, 0.4) is 0 Å². The highest BCUT2D eigenvalue weighted by molar-refractivity contribution is 5.27. The Morgan fingerprint density at radius 1 is 1.35 bits per heavy atom. The molecule has 0 fully saturated rings. The second-order valence-corrected chi connectivity index (χ2v) is 4.35. The number of benzene rings is 1. The molecule has 104 valence electrons. The fraction of sp³-hybridized carbons (Fsp3) is 0.357. The molecule has 0 spiro atoms. The summed E-state index contributed by atoms with van der Waals surface area (Å²) in [5.41, 5.74) is 1.17. The molecule has 0 radical (unpaired) electrons. The lowest BCUT2D eigenvalue weighted by Crippen LogP contribution is -2.17. The molecule has 0 amide bonds. The quantitative estimate of drug-likeness (QED) is 0.762. The third-order valence-electron chi connectivity index (χ3n) is 2.73. The summed E-state index contributed by atoms with van der Waals surface area (Å²) in [6.45, 7) is 1.69. The highest BCUT2D eigenvalue weighted by Gasteiger charge is 1.99. The molecule has 0 bridgehead atoms. The predicted molar refractivity (Wildman–Crippen MR) is 74.0 cm³/mol. The van der Waals surface area contributed by atoms with Crippen molar-refractivity contribution in [2.45, 2.75) is 13.0 Å². The lowest BCUT2D eigenvalue weighted by molar-refractivity contribution is 0.368. The van der Waals surface area contributed by atoms with Gasteiger partial charge in [-0.25, -0.2) is 4.98 Å². The Balaban J connectivity index is 1.70. The second-order valence-electron chi connectivity index (χ2n) is 4.35. The maximum absolute atomic E-state index is 8.42. The molecule has 0 unspecified atom stereocenters. The Morgan fingerprint density at radius 3 is 2.80 bits per heavy atom. The molecule has 1 heterocycles. The molecule has 0 aliphatic rings. The van der Waals surface area contributed by atoms with Gasteiger partial charge in [0.05, 0.1) is 0 Å². The zero-order valence-electron chi connectivity index (χ0n) is 11.4. The molecule has 0 saturated carbocycles. The van der Waals surface area contributed by atoms with E-state index in [0.717, 1.165) is 25.3 Å². The van der Waals surface area contributed by atoms with E-state index in [1.54, 1.807) is 11.0 Å². The van der Waals surface area contributed by atoms with Crippen LogP contribution in [0.25, 0.3) is 0 Å². The number of nitrogens with zero attached hydrogens (tertiary/aromatic N) is 4. The van der Waals surface area contributed by atoms with Gasteiger partial charge in [0.2, 0.25) is 0 Å². The van der Waals surface area contributed by atoms with Crippen molar-refractivity contribution < 1.29 is 4.74 Å². The van der Waals surface area contributed by atoms with Crippen LogP contribution in [0.4, 0.5) is 0 Å². The summed E-state index contributed by atoms with van der Waals surface area (Å²) in [6, 6.07) is 9.65. The van der Waals surface area contributed by atoms with E-state index in [2.05, 4.69) is 15.4 Å². The van der Waals surface area contributed by atoms with E-state index in [1.807, 2.05) is 37.4 Å². The molecular formula is C14H17N5O. The van der Waals surface area contributed by atoms with Gasteiger partial charge in [0.1, 0.15) is 18.1 Å². The van der Waals surface area contributed by atoms with Gasteiger partial charge in [0, 0.05) is 26.6 Å². The summed E-state index contributed by atoms with van der Waals surface area (Å²) in [6.07, 6.45) is 2.51. The normalized spacial score (nSPS) is 10.2. The number of nitrogens with one attached hydrogen (secondary N) is 1. The van der Waals surface area contributed by atoms with E-state index in [0.29, 0.717) is 5.75 Å². The highest BCUT2D eigenvalue weighted by atomic mass is 16.5. The molecule has 6 heteroatoms. The number of nitriles is 1. The van der Waals surface area contributed by atoms with Crippen molar-refractivity contribution in [2.24, 2.45) is 7.05 Å². The average Bonchev–Trinajstić information content (AvgIpc) is 2.88. The fourth-order valence-corrected chi connectivity index (χ4v) is 1.75. The van der Waals surface area contributed by atoms with Crippen LogP contribution in [0.5, 0.6) is 5.75 Å². The Labute approximate surface area is 118 Å². The fourth-order valence-electron chi connectivity index (χ4n) is 1.75. The third kappa shape index (κ3) is 4.37. The van der Waals surface area contributed by atoms with Crippen molar-refractivity contribution >= 4 is 0 Å². The highest BCUT2D eigenvalue weighted by Crippen LogP contribution is 2.11. The van der Waals surface area contributed by atoms with E-state index in [1.165, 1.54) is 5.56 Å². The zero-order chi connectivity index (χ0) is 14.2. The first-order chi connectivity index (χ1) is 9.78. The first-order valence-corrected chi connectivity index (χ1v) is 6.42. The monoisotopic (exact) mass is 271 g/mol. The van der Waals surface area contributed by atoms with Crippen LogP contribution in [0.15, 0.2) is 30.6 Å². The van der Waals surface area contributed by atoms with Gasteiger partial charge in [0.15, 0.2) is 12.4 Å². The van der Waals surface area contributed by atoms with Crippen molar-refractivity contribution in [2.75, 3.05) is 13.2 Å². The molecule has 0 aliphatic heterocycles. The van der Waals surface area contributed by atoms with Crippen LogP contribution < -0.4 is 10.1 Å². The SMILES string of the molecule is Cn1cnc(CCNCc2ccc(OCC#N)cc2)n1. The van der Waals surface area contributed by atoms with E-state index >= 15 is 0 Å². The maximum atomic E-state index is 8.42. The molecule has 6 nitrogen and oxygen atoms in total. The lowest BCUT2D eigenvalue weighted by Gasteiger charge is -2.05. The van der Waals surface area contributed by atoms with Gasteiger partial charge in [0.25, 0.3) is 0 Å². The summed E-state index contributed by atoms with van der Waals surface area (Å²) >= 11 is 0. The van der Waals surface area contributed by atoms with Gasteiger partial charge in [-0.05, 0) is 17.7 Å². The number of hydrogen-bond donors (Lipinski definition) is 1. The van der Waals surface area contributed by atoms with Crippen molar-refractivity contribution in [1.82, 2.24) is 20.1 Å². The third-order valence-corrected chi connectivity index (χ3v) is 2.73. The van der Waals surface area contributed by atoms with Gasteiger partial charge in [-0.3, -0.25) is 4.68 Å². The van der Waals surface area contributed by atoms with E-state index in [9.17, 15) is 0 Å². The molecule has 1 aromatic heterocycles. The van der Waals surface area contributed by atoms with Crippen LogP contribution in [-0.4, -0.2) is 27.9 Å². The summed E-state index contributed by atoms with van der Waals surface area (Å²) in [7, 11) is 1.86. The molecule has 1 aromatic carbocycles. The lowest BCUT2D eigenvalue weighted by atomic mass is 10.2. The van der Waals surface area contributed by atoms with Crippen LogP contribution in [0, 0.1) is 11.3 Å². The topological polar surface area (TPSA) is 75.8 Å². The molecule has 2 aromatic rings. The number of rotatable bonds is 7. The van der Waals surface area contributed by atoms with Gasteiger partial charge in [-0.2, -0.15) is 10.4 Å². The molecule has 1 N–H and O–H groups in total. The molecule has 2 rings (SSSR count). The van der Waals surface area contributed by atoms with Crippen LogP contribution >= 0.6 is 0 Å². The summed E-state index contributed by atoms with van der Waals surface area (Å²) in [4.78, 5) is 4.17. The average molecular weight is 271 g/mol. The summed E-state index contributed by atoms with van der Waals surface area (Å²) < 4.78 is 6.90. The van der Waals surface area contributed by atoms with Gasteiger partial charge < -0.3 is 10.1 Å². The minimum absolute atomic E-state index is 0.0780. The first-order valence-electron chi connectivity index (χ1n) is 6.42. The first kappa shape index (κ1) is 14.0. The second kappa shape index (κ2) is 7.26. The molecule has 0 atom stereocenters. The van der Waals surface area contributed by atoms with Crippen LogP contribution in [0.1, 0.15) is 11.4 Å². The molecule has 0 aliphatic carbocycles.